The first-order chi connectivity index (χ1) is 9.27. The Hall–Kier alpha value is -0.860. The van der Waals surface area contributed by atoms with Gasteiger partial charge in [-0.1, -0.05) is 39.0 Å². The maximum Gasteiger partial charge on any atom is 0.0273 e. The molecule has 0 aliphatic carbocycles. The van der Waals surface area contributed by atoms with Crippen molar-refractivity contribution in [3.8, 4) is 0 Å². The third-order valence-electron chi connectivity index (χ3n) is 4.57. The summed E-state index contributed by atoms with van der Waals surface area (Å²) in [5.74, 6) is 0. The lowest BCUT2D eigenvalue weighted by Crippen LogP contribution is -2.59. The van der Waals surface area contributed by atoms with Crippen molar-refractivity contribution in [1.82, 2.24) is 10.2 Å². The maximum atomic E-state index is 3.63. The molecule has 0 spiro atoms. The topological polar surface area (TPSA) is 15.3 Å². The molecule has 1 fully saturated rings. The quantitative estimate of drug-likeness (QED) is 0.888. The van der Waals surface area contributed by atoms with Gasteiger partial charge in [-0.05, 0) is 42.9 Å². The van der Waals surface area contributed by atoms with Gasteiger partial charge < -0.3 is 5.32 Å². The molecule has 2 nitrogen and oxygen atoms in total. The van der Waals surface area contributed by atoms with Crippen LogP contribution in [0.1, 0.15) is 44.4 Å². The highest BCUT2D eigenvalue weighted by Gasteiger charge is 2.34. The lowest BCUT2D eigenvalue weighted by Gasteiger charge is -2.46. The van der Waals surface area contributed by atoms with Crippen LogP contribution in [-0.2, 0) is 6.54 Å². The molecule has 112 valence electrons. The van der Waals surface area contributed by atoms with Crippen LogP contribution in [-0.4, -0.2) is 30.1 Å². The van der Waals surface area contributed by atoms with Crippen LogP contribution in [0.4, 0.5) is 0 Å². The van der Waals surface area contributed by atoms with E-state index in [1.807, 2.05) is 0 Å². The van der Waals surface area contributed by atoms with E-state index in [2.05, 4.69) is 70.0 Å². The van der Waals surface area contributed by atoms with E-state index in [1.165, 1.54) is 16.7 Å². The Morgan fingerprint density at radius 3 is 2.50 bits per heavy atom. The molecule has 1 saturated heterocycles. The molecule has 1 heterocycles. The van der Waals surface area contributed by atoms with Gasteiger partial charge in [0.15, 0.2) is 0 Å². The highest BCUT2D eigenvalue weighted by Crippen LogP contribution is 2.28. The zero-order valence-electron chi connectivity index (χ0n) is 14.0. The molecular formula is C18H30N2. The molecule has 0 amide bonds. The highest BCUT2D eigenvalue weighted by atomic mass is 15.2. The largest absolute Gasteiger partial charge is 0.311 e. The fraction of sp³-hybridized carbons (Fsp3) is 0.667. The van der Waals surface area contributed by atoms with Crippen molar-refractivity contribution in [3.05, 3.63) is 34.9 Å². The number of benzene rings is 1. The van der Waals surface area contributed by atoms with Gasteiger partial charge in [-0.2, -0.15) is 0 Å². The lowest BCUT2D eigenvalue weighted by molar-refractivity contribution is 0.0526. The zero-order valence-corrected chi connectivity index (χ0v) is 14.0. The Kier molecular flexibility index (Phi) is 4.55. The fourth-order valence-electron chi connectivity index (χ4n) is 3.15. The SMILES string of the molecule is Cc1ccc(CN2CC(C)NCC2C(C)(C)C)cc1C. The van der Waals surface area contributed by atoms with Gasteiger partial charge in [0.05, 0.1) is 0 Å². The van der Waals surface area contributed by atoms with E-state index in [0.717, 1.165) is 19.6 Å². The molecule has 2 unspecified atom stereocenters. The highest BCUT2D eigenvalue weighted by molar-refractivity contribution is 5.30. The van der Waals surface area contributed by atoms with E-state index in [4.69, 9.17) is 0 Å². The lowest BCUT2D eigenvalue weighted by atomic mass is 9.83. The number of nitrogens with one attached hydrogen (secondary N) is 1. The molecule has 2 rings (SSSR count). The van der Waals surface area contributed by atoms with E-state index < -0.39 is 0 Å². The molecule has 0 aromatic heterocycles. The van der Waals surface area contributed by atoms with Crippen molar-refractivity contribution in [3.63, 3.8) is 0 Å². The van der Waals surface area contributed by atoms with Crippen molar-refractivity contribution in [2.24, 2.45) is 5.41 Å². The Bertz CT molecular complexity index is 459. The first-order valence-corrected chi connectivity index (χ1v) is 7.81. The molecule has 0 bridgehead atoms. The number of piperazine rings is 1. The van der Waals surface area contributed by atoms with Crippen LogP contribution < -0.4 is 5.32 Å². The zero-order chi connectivity index (χ0) is 14.9. The summed E-state index contributed by atoms with van der Waals surface area (Å²) < 4.78 is 0. The number of hydrogen-bond donors (Lipinski definition) is 1. The van der Waals surface area contributed by atoms with E-state index in [0.29, 0.717) is 17.5 Å². The minimum Gasteiger partial charge on any atom is -0.311 e. The smallest absolute Gasteiger partial charge is 0.0273 e. The molecule has 0 saturated carbocycles. The molecule has 1 aromatic carbocycles. The molecule has 20 heavy (non-hydrogen) atoms. The van der Waals surface area contributed by atoms with Gasteiger partial charge in [0, 0.05) is 31.7 Å². The van der Waals surface area contributed by atoms with Crippen molar-refractivity contribution >= 4 is 0 Å². The Balaban J connectivity index is 2.16. The van der Waals surface area contributed by atoms with Gasteiger partial charge in [-0.15, -0.1) is 0 Å². The first kappa shape index (κ1) is 15.5. The number of hydrogen-bond acceptors (Lipinski definition) is 2. The summed E-state index contributed by atoms with van der Waals surface area (Å²) in [5.41, 5.74) is 4.54. The average molecular weight is 274 g/mol. The molecule has 0 radical (unpaired) electrons. The van der Waals surface area contributed by atoms with Crippen molar-refractivity contribution in [2.45, 2.75) is 60.2 Å². The van der Waals surface area contributed by atoms with E-state index in [1.54, 1.807) is 0 Å². The third kappa shape index (κ3) is 3.62. The summed E-state index contributed by atoms with van der Waals surface area (Å²) in [6, 6.07) is 8.07. The van der Waals surface area contributed by atoms with Crippen molar-refractivity contribution in [1.29, 1.82) is 0 Å². The van der Waals surface area contributed by atoms with E-state index in [9.17, 15) is 0 Å². The van der Waals surface area contributed by atoms with Gasteiger partial charge in [0.2, 0.25) is 0 Å². The minimum atomic E-state index is 0.312. The normalized spacial score (nSPS) is 24.9. The number of rotatable bonds is 2. The van der Waals surface area contributed by atoms with E-state index in [-0.39, 0.29) is 0 Å². The van der Waals surface area contributed by atoms with Crippen LogP contribution in [0.15, 0.2) is 18.2 Å². The van der Waals surface area contributed by atoms with Crippen LogP contribution in [0.5, 0.6) is 0 Å². The fourth-order valence-corrected chi connectivity index (χ4v) is 3.15. The summed E-state index contributed by atoms with van der Waals surface area (Å²) in [4.78, 5) is 2.66. The number of aryl methyl sites for hydroxylation is 2. The van der Waals surface area contributed by atoms with Gasteiger partial charge in [-0.25, -0.2) is 0 Å². The van der Waals surface area contributed by atoms with Gasteiger partial charge in [0.1, 0.15) is 0 Å². The minimum absolute atomic E-state index is 0.312. The van der Waals surface area contributed by atoms with Crippen LogP contribution in [0, 0.1) is 19.3 Å². The van der Waals surface area contributed by atoms with Crippen LogP contribution in [0.2, 0.25) is 0 Å². The average Bonchev–Trinajstić information content (AvgIpc) is 2.32. The molecule has 1 N–H and O–H groups in total. The Morgan fingerprint density at radius 1 is 1.20 bits per heavy atom. The second-order valence-electron chi connectivity index (χ2n) is 7.54. The molecule has 1 aromatic rings. The second-order valence-corrected chi connectivity index (χ2v) is 7.54. The van der Waals surface area contributed by atoms with Crippen LogP contribution in [0.3, 0.4) is 0 Å². The predicted molar refractivity (Wildman–Crippen MR) is 87.0 cm³/mol. The number of nitrogens with zero attached hydrogens (tertiary/aromatic N) is 1. The second kappa shape index (κ2) is 5.87. The summed E-state index contributed by atoms with van der Waals surface area (Å²) >= 11 is 0. The van der Waals surface area contributed by atoms with Gasteiger partial charge >= 0.3 is 0 Å². The summed E-state index contributed by atoms with van der Waals surface area (Å²) in [7, 11) is 0. The van der Waals surface area contributed by atoms with Gasteiger partial charge in [-0.3, -0.25) is 4.90 Å². The Labute approximate surface area is 124 Å². The predicted octanol–water partition coefficient (Wildman–Crippen LogP) is 3.51. The van der Waals surface area contributed by atoms with Crippen molar-refractivity contribution in [2.75, 3.05) is 13.1 Å². The molecule has 1 aliphatic heterocycles. The molecule has 2 atom stereocenters. The summed E-state index contributed by atoms with van der Waals surface area (Å²) in [5, 5.41) is 3.63. The molecule has 2 heteroatoms. The van der Waals surface area contributed by atoms with Crippen LogP contribution in [0.25, 0.3) is 0 Å². The third-order valence-corrected chi connectivity index (χ3v) is 4.57. The molecule has 1 aliphatic rings. The maximum absolute atomic E-state index is 3.63. The van der Waals surface area contributed by atoms with Gasteiger partial charge in [0.25, 0.3) is 0 Å². The monoisotopic (exact) mass is 274 g/mol. The molecular weight excluding hydrogens is 244 g/mol. The Morgan fingerprint density at radius 2 is 1.90 bits per heavy atom. The first-order valence-electron chi connectivity index (χ1n) is 7.81. The van der Waals surface area contributed by atoms with E-state index >= 15 is 0 Å². The summed E-state index contributed by atoms with van der Waals surface area (Å²) in [6.45, 7) is 17.0. The summed E-state index contributed by atoms with van der Waals surface area (Å²) in [6.07, 6.45) is 0. The van der Waals surface area contributed by atoms with Crippen LogP contribution >= 0.6 is 0 Å². The standard InChI is InChI=1S/C18H30N2/c1-13-7-8-16(9-14(13)2)12-20-11-15(3)19-10-17(20)18(4,5)6/h7-9,15,17,19H,10-12H2,1-6H3. The van der Waals surface area contributed by atoms with Crippen molar-refractivity contribution < 1.29 is 0 Å².